The average molecular weight is 251 g/mol. The predicted octanol–water partition coefficient (Wildman–Crippen LogP) is 3.84. The molecule has 3 aromatic rings. The van der Waals surface area contributed by atoms with Gasteiger partial charge in [0.1, 0.15) is 5.69 Å². The second kappa shape index (κ2) is 4.28. The molecule has 0 unspecified atom stereocenters. The van der Waals surface area contributed by atoms with E-state index in [1.807, 2.05) is 55.5 Å². The minimum atomic E-state index is -0.934. The molecule has 0 saturated carbocycles. The molecule has 0 fully saturated rings. The number of fused-ring (bicyclic) bond motifs is 1. The van der Waals surface area contributed by atoms with Crippen LogP contribution in [0.4, 0.5) is 0 Å². The van der Waals surface area contributed by atoms with Gasteiger partial charge in [-0.05, 0) is 18.6 Å². The zero-order valence-corrected chi connectivity index (χ0v) is 10.5. The summed E-state index contributed by atoms with van der Waals surface area (Å²) in [5.74, 6) is -0.934. The summed E-state index contributed by atoms with van der Waals surface area (Å²) in [4.78, 5) is 14.3. The summed E-state index contributed by atoms with van der Waals surface area (Å²) in [6, 6.07) is 15.6. The van der Waals surface area contributed by atoms with Gasteiger partial charge in [-0.1, -0.05) is 48.0 Å². The summed E-state index contributed by atoms with van der Waals surface area (Å²) in [6.07, 6.45) is 0. The van der Waals surface area contributed by atoms with E-state index < -0.39 is 5.97 Å². The minimum absolute atomic E-state index is 0.244. The molecule has 0 amide bonds. The molecule has 2 N–H and O–H groups in total. The number of H-pyrrole nitrogens is 1. The number of rotatable bonds is 2. The Morgan fingerprint density at radius 3 is 2.47 bits per heavy atom. The van der Waals surface area contributed by atoms with Gasteiger partial charge in [-0.15, -0.1) is 0 Å². The van der Waals surface area contributed by atoms with Crippen LogP contribution in [0.15, 0.2) is 48.5 Å². The first kappa shape index (κ1) is 11.5. The number of aryl methyl sites for hydroxylation is 1. The molecule has 0 saturated heterocycles. The van der Waals surface area contributed by atoms with Crippen molar-refractivity contribution in [3.05, 3.63) is 59.8 Å². The number of aromatic nitrogens is 1. The van der Waals surface area contributed by atoms with Crippen LogP contribution in [0, 0.1) is 6.92 Å². The highest BCUT2D eigenvalue weighted by Gasteiger charge is 2.16. The van der Waals surface area contributed by atoms with Crippen LogP contribution in [-0.2, 0) is 0 Å². The molecule has 94 valence electrons. The molecule has 1 aromatic heterocycles. The van der Waals surface area contributed by atoms with Crippen molar-refractivity contribution in [3.63, 3.8) is 0 Å². The molecule has 1 heterocycles. The lowest BCUT2D eigenvalue weighted by Gasteiger charge is -2.00. The van der Waals surface area contributed by atoms with E-state index >= 15 is 0 Å². The number of hydrogen-bond acceptors (Lipinski definition) is 1. The van der Waals surface area contributed by atoms with Crippen LogP contribution in [0.25, 0.3) is 22.0 Å². The lowest BCUT2D eigenvalue weighted by molar-refractivity contribution is 0.0693. The third-order valence-electron chi connectivity index (χ3n) is 3.24. The number of hydrogen-bond donors (Lipinski definition) is 2. The van der Waals surface area contributed by atoms with Crippen molar-refractivity contribution in [3.8, 4) is 11.3 Å². The Hall–Kier alpha value is -2.55. The van der Waals surface area contributed by atoms with Crippen LogP contribution in [0.3, 0.4) is 0 Å². The monoisotopic (exact) mass is 251 g/mol. The molecule has 3 rings (SSSR count). The molecule has 0 aliphatic rings. The number of carbonyl (C=O) groups is 1. The maximum Gasteiger partial charge on any atom is 0.352 e. The fourth-order valence-corrected chi connectivity index (χ4v) is 2.34. The highest BCUT2D eigenvalue weighted by molar-refractivity contribution is 6.08. The molecule has 19 heavy (non-hydrogen) atoms. The first-order valence-electron chi connectivity index (χ1n) is 6.08. The van der Waals surface area contributed by atoms with E-state index in [1.54, 1.807) is 0 Å². The molecule has 0 spiro atoms. The number of aromatic carboxylic acids is 1. The third kappa shape index (κ3) is 1.89. The van der Waals surface area contributed by atoms with E-state index in [-0.39, 0.29) is 5.69 Å². The smallest absolute Gasteiger partial charge is 0.352 e. The average Bonchev–Trinajstić information content (AvgIpc) is 2.78. The number of benzene rings is 2. The Labute approximate surface area is 110 Å². The van der Waals surface area contributed by atoms with Crippen LogP contribution >= 0.6 is 0 Å². The number of aromatic amines is 1. The maximum absolute atomic E-state index is 11.3. The van der Waals surface area contributed by atoms with Crippen molar-refractivity contribution in [2.24, 2.45) is 0 Å². The first-order chi connectivity index (χ1) is 9.16. The van der Waals surface area contributed by atoms with Crippen molar-refractivity contribution in [1.29, 1.82) is 0 Å². The van der Waals surface area contributed by atoms with Crippen LogP contribution < -0.4 is 0 Å². The van der Waals surface area contributed by atoms with E-state index in [4.69, 9.17) is 0 Å². The van der Waals surface area contributed by atoms with E-state index in [9.17, 15) is 9.90 Å². The highest BCUT2D eigenvalue weighted by Crippen LogP contribution is 2.31. The standard InChI is InChI=1S/C16H13NO2/c1-10-7-8-12-13(9-10)14(17-15(12)16(18)19)11-5-3-2-4-6-11/h2-9,17H,1H3,(H,18,19). The molecular formula is C16H13NO2. The normalized spacial score (nSPS) is 10.8. The van der Waals surface area contributed by atoms with Crippen LogP contribution in [0.5, 0.6) is 0 Å². The maximum atomic E-state index is 11.3. The predicted molar refractivity (Wildman–Crippen MR) is 75.4 cm³/mol. The van der Waals surface area contributed by atoms with Crippen LogP contribution in [0.1, 0.15) is 16.1 Å². The second-order valence-electron chi connectivity index (χ2n) is 4.60. The summed E-state index contributed by atoms with van der Waals surface area (Å²) in [5.41, 5.74) is 3.21. The second-order valence-corrected chi connectivity index (χ2v) is 4.60. The Bertz CT molecular complexity index is 757. The first-order valence-corrected chi connectivity index (χ1v) is 6.08. The lowest BCUT2D eigenvalue weighted by Crippen LogP contribution is -1.96. The Balaban J connectivity index is 2.36. The van der Waals surface area contributed by atoms with E-state index in [0.29, 0.717) is 0 Å². The Kier molecular flexibility index (Phi) is 2.60. The lowest BCUT2D eigenvalue weighted by atomic mass is 10.0. The van der Waals surface area contributed by atoms with Crippen molar-refractivity contribution >= 4 is 16.7 Å². The molecule has 0 radical (unpaired) electrons. The van der Waals surface area contributed by atoms with Gasteiger partial charge >= 0.3 is 5.97 Å². The fourth-order valence-electron chi connectivity index (χ4n) is 2.34. The van der Waals surface area contributed by atoms with E-state index in [1.165, 1.54) is 0 Å². The molecular weight excluding hydrogens is 238 g/mol. The van der Waals surface area contributed by atoms with Gasteiger partial charge in [0, 0.05) is 10.8 Å². The SMILES string of the molecule is Cc1ccc2c(C(=O)O)[nH]c(-c3ccccc3)c2c1. The fraction of sp³-hybridized carbons (Fsp3) is 0.0625. The van der Waals surface area contributed by atoms with E-state index in [0.717, 1.165) is 27.6 Å². The number of carboxylic acids is 1. The van der Waals surface area contributed by atoms with Gasteiger partial charge in [0.2, 0.25) is 0 Å². The van der Waals surface area contributed by atoms with Gasteiger partial charge < -0.3 is 10.1 Å². The minimum Gasteiger partial charge on any atom is -0.477 e. The molecule has 0 bridgehead atoms. The van der Waals surface area contributed by atoms with Gasteiger partial charge in [-0.25, -0.2) is 4.79 Å². The Morgan fingerprint density at radius 2 is 1.79 bits per heavy atom. The van der Waals surface area contributed by atoms with Crippen LogP contribution in [0.2, 0.25) is 0 Å². The summed E-state index contributed by atoms with van der Waals surface area (Å²) in [7, 11) is 0. The number of nitrogens with one attached hydrogen (secondary N) is 1. The van der Waals surface area contributed by atoms with Crippen LogP contribution in [-0.4, -0.2) is 16.1 Å². The quantitative estimate of drug-likeness (QED) is 0.727. The van der Waals surface area contributed by atoms with Gasteiger partial charge in [0.25, 0.3) is 0 Å². The van der Waals surface area contributed by atoms with Gasteiger partial charge in [0.15, 0.2) is 0 Å². The van der Waals surface area contributed by atoms with Gasteiger partial charge in [-0.3, -0.25) is 0 Å². The molecule has 3 heteroatoms. The Morgan fingerprint density at radius 1 is 1.05 bits per heavy atom. The van der Waals surface area contributed by atoms with Crippen molar-refractivity contribution < 1.29 is 9.90 Å². The molecule has 3 nitrogen and oxygen atoms in total. The van der Waals surface area contributed by atoms with Gasteiger partial charge in [-0.2, -0.15) is 0 Å². The summed E-state index contributed by atoms with van der Waals surface area (Å²) >= 11 is 0. The van der Waals surface area contributed by atoms with Crippen molar-refractivity contribution in [1.82, 2.24) is 4.98 Å². The van der Waals surface area contributed by atoms with E-state index in [2.05, 4.69) is 4.98 Å². The summed E-state index contributed by atoms with van der Waals surface area (Å²) < 4.78 is 0. The summed E-state index contributed by atoms with van der Waals surface area (Å²) in [5, 5.41) is 11.0. The number of carboxylic acid groups (broad SMARTS) is 1. The topological polar surface area (TPSA) is 53.1 Å². The van der Waals surface area contributed by atoms with Crippen molar-refractivity contribution in [2.75, 3.05) is 0 Å². The largest absolute Gasteiger partial charge is 0.477 e. The molecule has 0 aliphatic carbocycles. The molecule has 0 aliphatic heterocycles. The molecule has 0 atom stereocenters. The zero-order chi connectivity index (χ0) is 13.4. The zero-order valence-electron chi connectivity index (χ0n) is 10.5. The molecule has 2 aromatic carbocycles. The van der Waals surface area contributed by atoms with Gasteiger partial charge in [0.05, 0.1) is 5.69 Å². The highest BCUT2D eigenvalue weighted by atomic mass is 16.4. The summed E-state index contributed by atoms with van der Waals surface area (Å²) in [6.45, 7) is 2.00. The van der Waals surface area contributed by atoms with Crippen molar-refractivity contribution in [2.45, 2.75) is 6.92 Å². The third-order valence-corrected chi connectivity index (χ3v) is 3.24.